The highest BCUT2D eigenvalue weighted by atomic mass is 16.5. The predicted molar refractivity (Wildman–Crippen MR) is 76.8 cm³/mol. The monoisotopic (exact) mass is 260 g/mol. The SMILES string of the molecule is COc1ccc(C(C)C)c2c1c(C)c(C(N)=O)n2C. The van der Waals surface area contributed by atoms with Crippen LogP contribution < -0.4 is 10.5 Å². The molecule has 0 atom stereocenters. The van der Waals surface area contributed by atoms with Crippen LogP contribution in [-0.2, 0) is 7.05 Å². The number of methoxy groups -OCH3 is 1. The van der Waals surface area contributed by atoms with Gasteiger partial charge in [-0.2, -0.15) is 0 Å². The Labute approximate surface area is 113 Å². The van der Waals surface area contributed by atoms with Gasteiger partial charge in [0.15, 0.2) is 0 Å². The third kappa shape index (κ3) is 1.87. The Morgan fingerprint density at radius 2 is 2.00 bits per heavy atom. The van der Waals surface area contributed by atoms with Crippen molar-refractivity contribution < 1.29 is 9.53 Å². The number of hydrogen-bond donors (Lipinski definition) is 1. The summed E-state index contributed by atoms with van der Waals surface area (Å²) in [6.45, 7) is 6.18. The number of aromatic nitrogens is 1. The van der Waals surface area contributed by atoms with Crippen molar-refractivity contribution in [2.75, 3.05) is 7.11 Å². The summed E-state index contributed by atoms with van der Waals surface area (Å²) in [7, 11) is 3.51. The topological polar surface area (TPSA) is 57.2 Å². The molecule has 1 heterocycles. The van der Waals surface area contributed by atoms with Crippen LogP contribution in [-0.4, -0.2) is 17.6 Å². The number of rotatable bonds is 3. The maximum absolute atomic E-state index is 11.7. The van der Waals surface area contributed by atoms with Gasteiger partial charge in [-0.15, -0.1) is 0 Å². The van der Waals surface area contributed by atoms with E-state index in [9.17, 15) is 4.79 Å². The minimum atomic E-state index is -0.409. The fourth-order valence-electron chi connectivity index (χ4n) is 2.78. The van der Waals surface area contributed by atoms with Crippen molar-refractivity contribution >= 4 is 16.8 Å². The molecule has 19 heavy (non-hydrogen) atoms. The molecule has 0 spiro atoms. The molecule has 0 bridgehead atoms. The molecule has 0 aliphatic carbocycles. The minimum Gasteiger partial charge on any atom is -0.496 e. The number of hydrogen-bond acceptors (Lipinski definition) is 2. The van der Waals surface area contributed by atoms with Crippen molar-refractivity contribution in [3.8, 4) is 5.75 Å². The molecule has 1 aromatic carbocycles. The van der Waals surface area contributed by atoms with Crippen LogP contribution in [0.3, 0.4) is 0 Å². The fourth-order valence-corrected chi connectivity index (χ4v) is 2.78. The molecule has 2 rings (SSSR count). The molecule has 1 aromatic heterocycles. The Hall–Kier alpha value is -1.97. The molecular formula is C15H20N2O2. The summed E-state index contributed by atoms with van der Waals surface area (Å²) in [5.41, 5.74) is 9.14. The summed E-state index contributed by atoms with van der Waals surface area (Å²) in [5.74, 6) is 0.732. The highest BCUT2D eigenvalue weighted by molar-refractivity contribution is 6.03. The molecular weight excluding hydrogens is 240 g/mol. The molecule has 0 unspecified atom stereocenters. The fraction of sp³-hybridized carbons (Fsp3) is 0.400. The number of nitrogens with zero attached hydrogens (tertiary/aromatic N) is 1. The molecule has 0 radical (unpaired) electrons. The third-order valence-electron chi connectivity index (χ3n) is 3.65. The average molecular weight is 260 g/mol. The first-order valence-electron chi connectivity index (χ1n) is 6.35. The number of carbonyl (C=O) groups is 1. The lowest BCUT2D eigenvalue weighted by Gasteiger charge is -2.12. The lowest BCUT2D eigenvalue weighted by molar-refractivity contribution is 0.0992. The smallest absolute Gasteiger partial charge is 0.265 e. The predicted octanol–water partition coefficient (Wildman–Crippen LogP) is 2.72. The van der Waals surface area contributed by atoms with E-state index in [1.807, 2.05) is 24.6 Å². The normalized spacial score (nSPS) is 11.3. The van der Waals surface area contributed by atoms with Crippen LogP contribution in [0.25, 0.3) is 10.9 Å². The summed E-state index contributed by atoms with van der Waals surface area (Å²) in [5, 5.41) is 0.977. The summed E-state index contributed by atoms with van der Waals surface area (Å²) < 4.78 is 7.31. The van der Waals surface area contributed by atoms with Crippen LogP contribution in [0.15, 0.2) is 12.1 Å². The Morgan fingerprint density at radius 3 is 2.47 bits per heavy atom. The number of carbonyl (C=O) groups excluding carboxylic acids is 1. The van der Waals surface area contributed by atoms with Crippen molar-refractivity contribution in [1.29, 1.82) is 0 Å². The van der Waals surface area contributed by atoms with Crippen molar-refractivity contribution in [2.45, 2.75) is 26.7 Å². The van der Waals surface area contributed by atoms with E-state index in [0.717, 1.165) is 22.2 Å². The maximum atomic E-state index is 11.7. The van der Waals surface area contributed by atoms with E-state index < -0.39 is 5.91 Å². The van der Waals surface area contributed by atoms with Crippen LogP contribution in [0.4, 0.5) is 0 Å². The molecule has 0 aliphatic rings. The number of nitrogens with two attached hydrogens (primary N) is 1. The van der Waals surface area contributed by atoms with Crippen molar-refractivity contribution in [3.05, 3.63) is 29.0 Å². The van der Waals surface area contributed by atoms with Crippen molar-refractivity contribution in [1.82, 2.24) is 4.57 Å². The van der Waals surface area contributed by atoms with Crippen molar-refractivity contribution in [2.24, 2.45) is 12.8 Å². The van der Waals surface area contributed by atoms with Gasteiger partial charge in [0.1, 0.15) is 11.4 Å². The Bertz CT molecular complexity index is 654. The summed E-state index contributed by atoms with van der Waals surface area (Å²) in [6, 6.07) is 4.01. The van der Waals surface area contributed by atoms with Gasteiger partial charge >= 0.3 is 0 Å². The quantitative estimate of drug-likeness (QED) is 0.922. The van der Waals surface area contributed by atoms with E-state index in [1.165, 1.54) is 5.56 Å². The van der Waals surface area contributed by atoms with E-state index in [4.69, 9.17) is 10.5 Å². The van der Waals surface area contributed by atoms with Gasteiger partial charge in [0.2, 0.25) is 0 Å². The molecule has 0 fully saturated rings. The Balaban J connectivity index is 3.00. The second kappa shape index (κ2) is 4.61. The largest absolute Gasteiger partial charge is 0.496 e. The molecule has 0 aliphatic heterocycles. The van der Waals surface area contributed by atoms with E-state index in [-0.39, 0.29) is 0 Å². The summed E-state index contributed by atoms with van der Waals surface area (Å²) in [6.07, 6.45) is 0. The van der Waals surface area contributed by atoms with Gasteiger partial charge in [-0.05, 0) is 30.0 Å². The molecule has 1 amide bonds. The highest BCUT2D eigenvalue weighted by Gasteiger charge is 2.22. The Morgan fingerprint density at radius 1 is 1.37 bits per heavy atom. The van der Waals surface area contributed by atoms with Crippen molar-refractivity contribution in [3.63, 3.8) is 0 Å². The van der Waals surface area contributed by atoms with E-state index >= 15 is 0 Å². The van der Waals surface area contributed by atoms with E-state index in [1.54, 1.807) is 7.11 Å². The first-order chi connectivity index (χ1) is 8.90. The molecule has 2 N–H and O–H groups in total. The zero-order valence-electron chi connectivity index (χ0n) is 12.1. The third-order valence-corrected chi connectivity index (χ3v) is 3.65. The molecule has 2 aromatic rings. The zero-order valence-corrected chi connectivity index (χ0v) is 12.1. The second-order valence-electron chi connectivity index (χ2n) is 5.13. The molecule has 0 saturated heterocycles. The van der Waals surface area contributed by atoms with E-state index in [2.05, 4.69) is 19.9 Å². The first-order valence-corrected chi connectivity index (χ1v) is 6.35. The Kier molecular flexibility index (Phi) is 3.27. The van der Waals surface area contributed by atoms with Gasteiger partial charge in [0.25, 0.3) is 5.91 Å². The lowest BCUT2D eigenvalue weighted by Crippen LogP contribution is -2.16. The molecule has 4 nitrogen and oxygen atoms in total. The molecule has 0 saturated carbocycles. The van der Waals surface area contributed by atoms with Gasteiger partial charge < -0.3 is 15.0 Å². The number of ether oxygens (including phenoxy) is 1. The van der Waals surface area contributed by atoms with Crippen LogP contribution >= 0.6 is 0 Å². The molecule has 4 heteroatoms. The highest BCUT2D eigenvalue weighted by Crippen LogP contribution is 2.37. The lowest BCUT2D eigenvalue weighted by atomic mass is 9.99. The maximum Gasteiger partial charge on any atom is 0.265 e. The summed E-state index contributed by atoms with van der Waals surface area (Å²) >= 11 is 0. The van der Waals surface area contributed by atoms with Gasteiger partial charge in [-0.1, -0.05) is 19.9 Å². The van der Waals surface area contributed by atoms with Crippen LogP contribution in [0.1, 0.15) is 41.4 Å². The average Bonchev–Trinajstić information content (AvgIpc) is 2.61. The van der Waals surface area contributed by atoms with Gasteiger partial charge in [0, 0.05) is 12.4 Å². The first kappa shape index (κ1) is 13.5. The molecule has 102 valence electrons. The van der Waals surface area contributed by atoms with Crippen LogP contribution in [0.5, 0.6) is 5.75 Å². The number of aryl methyl sites for hydroxylation is 2. The number of primary amides is 1. The number of benzene rings is 1. The van der Waals surface area contributed by atoms with E-state index in [0.29, 0.717) is 11.6 Å². The van der Waals surface area contributed by atoms with Crippen LogP contribution in [0.2, 0.25) is 0 Å². The van der Waals surface area contributed by atoms with Gasteiger partial charge in [0.05, 0.1) is 12.6 Å². The standard InChI is InChI=1S/C15H20N2O2/c1-8(2)10-6-7-11(19-5)12-9(3)13(15(16)18)17(4)14(10)12/h6-8H,1-5H3,(H2,16,18). The van der Waals surface area contributed by atoms with Gasteiger partial charge in [-0.3, -0.25) is 4.79 Å². The second-order valence-corrected chi connectivity index (χ2v) is 5.13. The number of amides is 1. The summed E-state index contributed by atoms with van der Waals surface area (Å²) in [4.78, 5) is 11.7. The van der Waals surface area contributed by atoms with Crippen LogP contribution in [0, 0.1) is 6.92 Å². The zero-order chi connectivity index (χ0) is 14.3. The minimum absolute atomic E-state index is 0.363. The number of fused-ring (bicyclic) bond motifs is 1. The van der Waals surface area contributed by atoms with Gasteiger partial charge in [-0.25, -0.2) is 0 Å².